The second-order valence-corrected chi connectivity index (χ2v) is 11.7. The van der Waals surface area contributed by atoms with E-state index in [0.29, 0.717) is 60.4 Å². The van der Waals surface area contributed by atoms with Crippen LogP contribution in [0, 0.1) is 0 Å². The van der Waals surface area contributed by atoms with Crippen LogP contribution in [0.4, 0.5) is 11.4 Å². The van der Waals surface area contributed by atoms with Crippen molar-refractivity contribution in [3.05, 3.63) is 181 Å². The summed E-state index contributed by atoms with van der Waals surface area (Å²) in [6, 6.07) is 52.2. The molecule has 6 aromatic rings. The zero-order valence-corrected chi connectivity index (χ0v) is 28.8. The van der Waals surface area contributed by atoms with Gasteiger partial charge in [0.1, 0.15) is 49.4 Å². The predicted molar refractivity (Wildman–Crippen MR) is 204 cm³/mol. The number of carbonyl (C=O) groups is 2. The summed E-state index contributed by atoms with van der Waals surface area (Å²) in [4.78, 5) is 31.7. The summed E-state index contributed by atoms with van der Waals surface area (Å²) >= 11 is 0. The van der Waals surface area contributed by atoms with E-state index in [-0.39, 0.29) is 24.9 Å². The van der Waals surface area contributed by atoms with Gasteiger partial charge in [-0.25, -0.2) is 0 Å². The molecule has 0 fully saturated rings. The van der Waals surface area contributed by atoms with E-state index in [9.17, 15) is 9.59 Å². The van der Waals surface area contributed by atoms with Crippen molar-refractivity contribution in [2.24, 2.45) is 0 Å². The molecule has 0 N–H and O–H groups in total. The van der Waals surface area contributed by atoms with E-state index in [1.165, 1.54) is 0 Å². The van der Waals surface area contributed by atoms with Crippen LogP contribution in [0.2, 0.25) is 0 Å². The van der Waals surface area contributed by atoms with Crippen molar-refractivity contribution >= 4 is 23.2 Å². The first kappa shape index (κ1) is 35.3. The Kier molecular flexibility index (Phi) is 12.5. The number of anilines is 2. The van der Waals surface area contributed by atoms with Crippen molar-refractivity contribution in [2.45, 2.75) is 0 Å². The van der Waals surface area contributed by atoms with Crippen molar-refractivity contribution < 1.29 is 28.5 Å². The summed E-state index contributed by atoms with van der Waals surface area (Å²) in [6.45, 7) is 1.81. The number of ether oxygens (including phenoxy) is 4. The van der Waals surface area contributed by atoms with Crippen LogP contribution >= 0.6 is 0 Å². The molecular weight excluding hydrogens is 652 g/mol. The lowest BCUT2D eigenvalue weighted by Gasteiger charge is -2.28. The fourth-order valence-corrected chi connectivity index (χ4v) is 5.53. The number of nitrogens with zero attached hydrogens (tertiary/aromatic N) is 2. The number of amides is 2. The van der Waals surface area contributed by atoms with Crippen molar-refractivity contribution in [2.75, 3.05) is 49.3 Å². The Labute approximate surface area is 304 Å². The first-order chi connectivity index (χ1) is 25.6. The van der Waals surface area contributed by atoms with Crippen molar-refractivity contribution in [1.82, 2.24) is 0 Å². The molecule has 0 aliphatic rings. The van der Waals surface area contributed by atoms with Crippen LogP contribution in [-0.4, -0.2) is 51.3 Å². The molecule has 0 spiro atoms. The Hall–Kier alpha value is -6.54. The third-order valence-electron chi connectivity index (χ3n) is 8.06. The molecule has 8 heteroatoms. The molecule has 0 saturated carbocycles. The summed E-state index contributed by atoms with van der Waals surface area (Å²) in [7, 11) is 0. The Morgan fingerprint density at radius 3 is 1.04 bits per heavy atom. The van der Waals surface area contributed by atoms with E-state index in [1.54, 1.807) is 46.2 Å². The van der Waals surface area contributed by atoms with Gasteiger partial charge in [0.05, 0.1) is 0 Å². The van der Waals surface area contributed by atoms with E-state index in [1.807, 2.05) is 133 Å². The van der Waals surface area contributed by atoms with Crippen molar-refractivity contribution in [3.63, 3.8) is 0 Å². The Morgan fingerprint density at radius 1 is 0.365 bits per heavy atom. The molecule has 6 rings (SSSR count). The van der Waals surface area contributed by atoms with E-state index in [4.69, 9.17) is 18.9 Å². The standard InChI is InChI=1S/C44H40N2O6/c47-43(35-15-13-25-41(33-35)51-31-29-49-39-21-9-3-10-22-39)45(37-17-5-1-6-18-37)27-28-46(38-19-7-2-8-20-38)44(48)36-16-14-26-42(34-36)52-32-30-50-40-23-11-4-12-24-40/h1-26,33-34H,27-32H2. The summed E-state index contributed by atoms with van der Waals surface area (Å²) < 4.78 is 23.4. The predicted octanol–water partition coefficient (Wildman–Crippen LogP) is 8.60. The molecule has 8 nitrogen and oxygen atoms in total. The number of rotatable bonds is 17. The topological polar surface area (TPSA) is 77.5 Å². The Balaban J connectivity index is 1.15. The van der Waals surface area contributed by atoms with Crippen molar-refractivity contribution in [1.29, 1.82) is 0 Å². The second-order valence-electron chi connectivity index (χ2n) is 11.7. The fourth-order valence-electron chi connectivity index (χ4n) is 5.53. The van der Waals surface area contributed by atoms with Gasteiger partial charge < -0.3 is 28.7 Å². The third-order valence-corrected chi connectivity index (χ3v) is 8.06. The Morgan fingerprint density at radius 2 is 0.673 bits per heavy atom. The van der Waals surface area contributed by atoms with Gasteiger partial charge in [0, 0.05) is 35.6 Å². The van der Waals surface area contributed by atoms with E-state index < -0.39 is 0 Å². The zero-order valence-electron chi connectivity index (χ0n) is 28.8. The number of hydrogen-bond acceptors (Lipinski definition) is 6. The Bertz CT molecular complexity index is 1850. The molecule has 2 amide bonds. The molecule has 0 aromatic heterocycles. The quantitative estimate of drug-likeness (QED) is 0.0892. The lowest BCUT2D eigenvalue weighted by Crippen LogP contribution is -2.41. The highest BCUT2D eigenvalue weighted by Gasteiger charge is 2.23. The molecule has 0 heterocycles. The molecule has 0 aliphatic heterocycles. The fraction of sp³-hybridized carbons (Fsp3) is 0.136. The van der Waals surface area contributed by atoms with Gasteiger partial charge in [-0.1, -0.05) is 84.9 Å². The monoisotopic (exact) mass is 692 g/mol. The molecule has 0 atom stereocenters. The molecule has 0 radical (unpaired) electrons. The van der Waals surface area contributed by atoms with Crippen LogP contribution in [-0.2, 0) is 0 Å². The third kappa shape index (κ3) is 10.0. The van der Waals surface area contributed by atoms with Crippen LogP contribution < -0.4 is 28.7 Å². The maximum absolute atomic E-state index is 14.2. The van der Waals surface area contributed by atoms with Crippen LogP contribution in [0.3, 0.4) is 0 Å². The van der Waals surface area contributed by atoms with Gasteiger partial charge in [0.2, 0.25) is 0 Å². The van der Waals surface area contributed by atoms with Crippen LogP contribution in [0.5, 0.6) is 23.0 Å². The summed E-state index contributed by atoms with van der Waals surface area (Å²) in [5.41, 5.74) is 2.35. The first-order valence-corrected chi connectivity index (χ1v) is 17.2. The van der Waals surface area contributed by atoms with Gasteiger partial charge in [-0.05, 0) is 84.9 Å². The average Bonchev–Trinajstić information content (AvgIpc) is 3.21. The highest BCUT2D eigenvalue weighted by atomic mass is 16.5. The number of para-hydroxylation sites is 4. The normalized spacial score (nSPS) is 10.5. The number of benzene rings is 6. The maximum atomic E-state index is 14.2. The lowest BCUT2D eigenvalue weighted by atomic mass is 10.1. The first-order valence-electron chi connectivity index (χ1n) is 17.2. The minimum Gasteiger partial charge on any atom is -0.490 e. The molecule has 6 aromatic carbocycles. The minimum atomic E-state index is -0.217. The lowest BCUT2D eigenvalue weighted by molar-refractivity contribution is 0.0967. The highest BCUT2D eigenvalue weighted by Crippen LogP contribution is 2.24. The van der Waals surface area contributed by atoms with E-state index in [2.05, 4.69) is 0 Å². The molecule has 0 unspecified atom stereocenters. The van der Waals surface area contributed by atoms with Gasteiger partial charge in [-0.3, -0.25) is 9.59 Å². The van der Waals surface area contributed by atoms with Gasteiger partial charge in [0.25, 0.3) is 11.8 Å². The van der Waals surface area contributed by atoms with E-state index in [0.717, 1.165) is 11.5 Å². The molecule has 0 aliphatic carbocycles. The molecule has 52 heavy (non-hydrogen) atoms. The van der Waals surface area contributed by atoms with Crippen LogP contribution in [0.1, 0.15) is 20.7 Å². The van der Waals surface area contributed by atoms with Crippen molar-refractivity contribution in [3.8, 4) is 23.0 Å². The zero-order chi connectivity index (χ0) is 35.8. The van der Waals surface area contributed by atoms with Gasteiger partial charge >= 0.3 is 0 Å². The molecular formula is C44H40N2O6. The summed E-state index contributed by atoms with van der Waals surface area (Å²) in [5.74, 6) is 2.22. The molecule has 262 valence electrons. The largest absolute Gasteiger partial charge is 0.490 e. The minimum absolute atomic E-state index is 0.217. The average molecular weight is 693 g/mol. The molecule has 0 bridgehead atoms. The van der Waals surface area contributed by atoms with Gasteiger partial charge in [-0.2, -0.15) is 0 Å². The van der Waals surface area contributed by atoms with Gasteiger partial charge in [-0.15, -0.1) is 0 Å². The van der Waals surface area contributed by atoms with E-state index >= 15 is 0 Å². The SMILES string of the molecule is O=C(c1cccc(OCCOc2ccccc2)c1)N(CCN(C(=O)c1cccc(OCCOc2ccccc2)c1)c1ccccc1)c1ccccc1. The second kappa shape index (κ2) is 18.5. The number of carbonyl (C=O) groups excluding carboxylic acids is 2. The maximum Gasteiger partial charge on any atom is 0.258 e. The number of hydrogen-bond donors (Lipinski definition) is 0. The summed E-state index contributed by atoms with van der Waals surface area (Å²) in [5, 5.41) is 0. The highest BCUT2D eigenvalue weighted by molar-refractivity contribution is 6.08. The van der Waals surface area contributed by atoms with Crippen LogP contribution in [0.25, 0.3) is 0 Å². The molecule has 0 saturated heterocycles. The van der Waals surface area contributed by atoms with Crippen LogP contribution in [0.15, 0.2) is 170 Å². The summed E-state index contributed by atoms with van der Waals surface area (Å²) in [6.07, 6.45) is 0. The van der Waals surface area contributed by atoms with Gasteiger partial charge in [0.15, 0.2) is 0 Å². The smallest absolute Gasteiger partial charge is 0.258 e.